The molecule has 0 spiro atoms. The zero-order chi connectivity index (χ0) is 18.9. The van der Waals surface area contributed by atoms with Crippen molar-refractivity contribution in [2.45, 2.75) is 4.90 Å². The molecule has 0 aliphatic carbocycles. The summed E-state index contributed by atoms with van der Waals surface area (Å²) < 4.78 is 55.3. The SMILES string of the molecule is CS(=O)(=O)c1ccc(-c2nnc(NC(=O)c3c(F)cccc3F)o2)cc1. The van der Waals surface area contributed by atoms with Crippen LogP contribution in [0.3, 0.4) is 0 Å². The number of nitrogens with one attached hydrogen (secondary N) is 1. The van der Waals surface area contributed by atoms with Crippen LogP contribution in [0.1, 0.15) is 10.4 Å². The van der Waals surface area contributed by atoms with E-state index in [1.807, 2.05) is 0 Å². The van der Waals surface area contributed by atoms with Gasteiger partial charge in [-0.15, -0.1) is 5.10 Å². The third-order valence-corrected chi connectivity index (χ3v) is 4.49. The molecule has 0 saturated carbocycles. The molecule has 0 atom stereocenters. The first-order valence-corrected chi connectivity index (χ1v) is 9.04. The maximum Gasteiger partial charge on any atom is 0.322 e. The van der Waals surface area contributed by atoms with Crippen molar-refractivity contribution in [3.8, 4) is 11.5 Å². The maximum absolute atomic E-state index is 13.6. The standard InChI is InChI=1S/C16H11F2N3O4S/c1-26(23,24)10-7-5-9(6-8-10)15-20-21-16(25-15)19-14(22)13-11(17)3-2-4-12(13)18/h2-8H,1H3,(H,19,21,22). The molecule has 0 bridgehead atoms. The van der Waals surface area contributed by atoms with Gasteiger partial charge in [0, 0.05) is 11.8 Å². The first kappa shape index (κ1) is 17.7. The van der Waals surface area contributed by atoms with Gasteiger partial charge in [-0.2, -0.15) is 0 Å². The zero-order valence-corrected chi connectivity index (χ0v) is 14.0. The van der Waals surface area contributed by atoms with Crippen LogP contribution < -0.4 is 5.32 Å². The monoisotopic (exact) mass is 379 g/mol. The highest BCUT2D eigenvalue weighted by Gasteiger charge is 2.19. The molecule has 134 valence electrons. The fraction of sp³-hybridized carbons (Fsp3) is 0.0625. The van der Waals surface area contributed by atoms with Crippen molar-refractivity contribution in [2.24, 2.45) is 0 Å². The van der Waals surface area contributed by atoms with Crippen LogP contribution in [-0.4, -0.2) is 30.8 Å². The highest BCUT2D eigenvalue weighted by molar-refractivity contribution is 7.90. The van der Waals surface area contributed by atoms with Crippen molar-refractivity contribution in [3.05, 3.63) is 59.7 Å². The van der Waals surface area contributed by atoms with Gasteiger partial charge in [-0.1, -0.05) is 11.2 Å². The minimum Gasteiger partial charge on any atom is -0.403 e. The number of anilines is 1. The summed E-state index contributed by atoms with van der Waals surface area (Å²) in [6.07, 6.45) is 1.07. The van der Waals surface area contributed by atoms with Crippen molar-refractivity contribution in [2.75, 3.05) is 11.6 Å². The Morgan fingerprint density at radius 1 is 1.04 bits per heavy atom. The van der Waals surface area contributed by atoms with E-state index in [0.717, 1.165) is 24.5 Å². The molecule has 0 radical (unpaired) electrons. The van der Waals surface area contributed by atoms with E-state index in [-0.39, 0.29) is 16.8 Å². The topological polar surface area (TPSA) is 102 Å². The van der Waals surface area contributed by atoms with Gasteiger partial charge in [0.05, 0.1) is 4.90 Å². The summed E-state index contributed by atoms with van der Waals surface area (Å²) >= 11 is 0. The molecule has 0 aliphatic rings. The predicted octanol–water partition coefficient (Wildman–Crippen LogP) is 2.67. The number of nitrogens with zero attached hydrogens (tertiary/aromatic N) is 2. The second kappa shape index (κ2) is 6.64. The second-order valence-electron chi connectivity index (χ2n) is 5.26. The van der Waals surface area contributed by atoms with Gasteiger partial charge < -0.3 is 4.42 Å². The molecule has 0 aliphatic heterocycles. The van der Waals surface area contributed by atoms with Gasteiger partial charge in [-0.25, -0.2) is 17.2 Å². The molecular formula is C16H11F2N3O4S. The lowest BCUT2D eigenvalue weighted by molar-refractivity contribution is 0.101. The number of halogens is 2. The lowest BCUT2D eigenvalue weighted by Gasteiger charge is -2.03. The molecule has 7 nitrogen and oxygen atoms in total. The lowest BCUT2D eigenvalue weighted by atomic mass is 10.2. The van der Waals surface area contributed by atoms with E-state index in [9.17, 15) is 22.0 Å². The summed E-state index contributed by atoms with van der Waals surface area (Å²) in [7, 11) is -3.35. The van der Waals surface area contributed by atoms with Crippen LogP contribution in [0.4, 0.5) is 14.8 Å². The average molecular weight is 379 g/mol. The number of rotatable bonds is 4. The second-order valence-corrected chi connectivity index (χ2v) is 7.28. The first-order valence-electron chi connectivity index (χ1n) is 7.15. The fourth-order valence-corrected chi connectivity index (χ4v) is 2.74. The minimum atomic E-state index is -3.35. The lowest BCUT2D eigenvalue weighted by Crippen LogP contribution is -2.16. The highest BCUT2D eigenvalue weighted by Crippen LogP contribution is 2.22. The molecular weight excluding hydrogens is 368 g/mol. The Morgan fingerprint density at radius 2 is 1.65 bits per heavy atom. The van der Waals surface area contributed by atoms with Crippen molar-refractivity contribution in [3.63, 3.8) is 0 Å². The Kier molecular flexibility index (Phi) is 4.51. The molecule has 1 aromatic heterocycles. The number of aromatic nitrogens is 2. The van der Waals surface area contributed by atoms with Crippen LogP contribution in [0, 0.1) is 11.6 Å². The van der Waals surface area contributed by atoms with Gasteiger partial charge in [0.25, 0.3) is 5.91 Å². The predicted molar refractivity (Wildman–Crippen MR) is 87.2 cm³/mol. The largest absolute Gasteiger partial charge is 0.403 e. The Bertz CT molecular complexity index is 1060. The zero-order valence-electron chi connectivity index (χ0n) is 13.2. The third kappa shape index (κ3) is 3.59. The minimum absolute atomic E-state index is 0.00523. The number of carbonyl (C=O) groups is 1. The van der Waals surface area contributed by atoms with Gasteiger partial charge in [-0.3, -0.25) is 10.1 Å². The molecule has 1 N–H and O–H groups in total. The summed E-state index contributed by atoms with van der Waals surface area (Å²) in [6, 6.07) is 8.29. The average Bonchev–Trinajstić information content (AvgIpc) is 3.02. The van der Waals surface area contributed by atoms with Gasteiger partial charge in [0.1, 0.15) is 17.2 Å². The molecule has 3 aromatic rings. The number of carbonyl (C=O) groups excluding carboxylic acids is 1. The van der Waals surface area contributed by atoms with Gasteiger partial charge in [0.15, 0.2) is 9.84 Å². The third-order valence-electron chi connectivity index (χ3n) is 3.36. The Hall–Kier alpha value is -3.14. The van der Waals surface area contributed by atoms with E-state index in [1.165, 1.54) is 24.3 Å². The molecule has 26 heavy (non-hydrogen) atoms. The number of amides is 1. The van der Waals surface area contributed by atoms with Crippen LogP contribution in [0.5, 0.6) is 0 Å². The molecule has 2 aromatic carbocycles. The van der Waals surface area contributed by atoms with Crippen molar-refractivity contribution >= 4 is 21.8 Å². The van der Waals surface area contributed by atoms with E-state index in [0.29, 0.717) is 5.56 Å². The molecule has 0 saturated heterocycles. The number of sulfone groups is 1. The summed E-state index contributed by atoms with van der Waals surface area (Å²) in [5.41, 5.74) is -0.368. The quantitative estimate of drug-likeness (QED) is 0.748. The van der Waals surface area contributed by atoms with Gasteiger partial charge in [-0.05, 0) is 36.4 Å². The summed E-state index contributed by atoms with van der Waals surface area (Å²) in [5.74, 6) is -3.14. The van der Waals surface area contributed by atoms with E-state index >= 15 is 0 Å². The number of hydrogen-bond donors (Lipinski definition) is 1. The van der Waals surface area contributed by atoms with Crippen molar-refractivity contribution in [1.82, 2.24) is 10.2 Å². The van der Waals surface area contributed by atoms with E-state index < -0.39 is 32.9 Å². The Labute approximate surface area is 146 Å². The number of benzene rings is 2. The normalized spacial score (nSPS) is 11.3. The summed E-state index contributed by atoms with van der Waals surface area (Å²) in [6.45, 7) is 0. The van der Waals surface area contributed by atoms with E-state index in [1.54, 1.807) is 0 Å². The van der Waals surface area contributed by atoms with Crippen molar-refractivity contribution < 1.29 is 26.4 Å². The van der Waals surface area contributed by atoms with Crippen molar-refractivity contribution in [1.29, 1.82) is 0 Å². The molecule has 0 fully saturated rings. The molecule has 3 rings (SSSR count). The first-order chi connectivity index (χ1) is 12.3. The highest BCUT2D eigenvalue weighted by atomic mass is 32.2. The molecule has 1 heterocycles. The van der Waals surface area contributed by atoms with Crippen LogP contribution in [-0.2, 0) is 9.84 Å². The molecule has 10 heteroatoms. The van der Waals surface area contributed by atoms with E-state index in [2.05, 4.69) is 15.5 Å². The Morgan fingerprint density at radius 3 is 2.23 bits per heavy atom. The Balaban J connectivity index is 1.81. The van der Waals surface area contributed by atoms with E-state index in [4.69, 9.17) is 4.42 Å². The summed E-state index contributed by atoms with van der Waals surface area (Å²) in [4.78, 5) is 12.1. The smallest absolute Gasteiger partial charge is 0.322 e. The maximum atomic E-state index is 13.6. The summed E-state index contributed by atoms with van der Waals surface area (Å²) in [5, 5.41) is 9.39. The molecule has 1 amide bonds. The van der Waals surface area contributed by atoms with Crippen LogP contribution in [0.15, 0.2) is 51.8 Å². The van der Waals surface area contributed by atoms with Crippen LogP contribution in [0.25, 0.3) is 11.5 Å². The molecule has 0 unspecified atom stereocenters. The number of hydrogen-bond acceptors (Lipinski definition) is 6. The van der Waals surface area contributed by atoms with Crippen LogP contribution in [0.2, 0.25) is 0 Å². The van der Waals surface area contributed by atoms with Gasteiger partial charge >= 0.3 is 6.01 Å². The van der Waals surface area contributed by atoms with Gasteiger partial charge in [0.2, 0.25) is 5.89 Å². The van der Waals surface area contributed by atoms with Crippen LogP contribution >= 0.6 is 0 Å². The fourth-order valence-electron chi connectivity index (χ4n) is 2.11.